The van der Waals surface area contributed by atoms with Crippen LogP contribution in [0.1, 0.15) is 311 Å². The van der Waals surface area contributed by atoms with Crippen molar-refractivity contribution in [1.29, 1.82) is 0 Å². The number of ether oxygens (including phenoxy) is 3. The lowest BCUT2D eigenvalue weighted by molar-refractivity contribution is -0.167. The Bertz CT molecular complexity index is 980. The lowest BCUT2D eigenvalue weighted by Crippen LogP contribution is -2.30. The minimum atomic E-state index is -0.764. The third-order valence-corrected chi connectivity index (χ3v) is 13.6. The van der Waals surface area contributed by atoms with Crippen LogP contribution in [0.3, 0.4) is 0 Å². The third kappa shape index (κ3) is 48.2. The summed E-state index contributed by atoms with van der Waals surface area (Å²) in [6, 6.07) is 0. The van der Waals surface area contributed by atoms with Crippen LogP contribution in [0.15, 0.2) is 0 Å². The lowest BCUT2D eigenvalue weighted by atomic mass is 9.99. The molecule has 0 radical (unpaired) electrons. The van der Waals surface area contributed by atoms with E-state index in [1.807, 2.05) is 0 Å². The molecule has 2 unspecified atom stereocenters. The first-order valence-electron chi connectivity index (χ1n) is 28.2. The van der Waals surface area contributed by atoms with E-state index in [0.29, 0.717) is 19.3 Å². The normalized spacial score (nSPS) is 13.0. The molecule has 0 N–H and O–H groups in total. The van der Waals surface area contributed by atoms with Crippen LogP contribution >= 0.6 is 0 Å². The molecule has 0 spiro atoms. The van der Waals surface area contributed by atoms with Crippen molar-refractivity contribution in [1.82, 2.24) is 0 Å². The maximum Gasteiger partial charge on any atom is 0.306 e. The van der Waals surface area contributed by atoms with Crippen molar-refractivity contribution in [3.05, 3.63) is 0 Å². The summed E-state index contributed by atoms with van der Waals surface area (Å²) in [5, 5.41) is 0. The van der Waals surface area contributed by atoms with E-state index >= 15 is 0 Å². The summed E-state index contributed by atoms with van der Waals surface area (Å²) in [6.07, 6.45) is 49.5. The van der Waals surface area contributed by atoms with E-state index in [1.54, 1.807) is 0 Å². The molecule has 0 heterocycles. The quantitative estimate of drug-likeness (QED) is 0.0344. The molecule has 374 valence electrons. The molecule has 6 nitrogen and oxygen atoms in total. The summed E-state index contributed by atoms with van der Waals surface area (Å²) in [5.41, 5.74) is 0. The Morgan fingerprint density at radius 1 is 0.317 bits per heavy atom. The van der Waals surface area contributed by atoms with E-state index in [1.165, 1.54) is 193 Å². The van der Waals surface area contributed by atoms with Gasteiger partial charge in [-0.1, -0.05) is 273 Å². The van der Waals surface area contributed by atoms with Crippen LogP contribution in [0, 0.1) is 17.8 Å². The monoisotopic (exact) mass is 891 g/mol. The van der Waals surface area contributed by atoms with Gasteiger partial charge in [0, 0.05) is 19.3 Å². The van der Waals surface area contributed by atoms with Gasteiger partial charge in [-0.25, -0.2) is 0 Å². The van der Waals surface area contributed by atoms with E-state index in [4.69, 9.17) is 14.2 Å². The van der Waals surface area contributed by atoms with Crippen molar-refractivity contribution in [2.24, 2.45) is 17.8 Å². The van der Waals surface area contributed by atoms with Gasteiger partial charge in [0.05, 0.1) is 0 Å². The standard InChI is InChI=1S/C57H110O6/c1-7-52(5)44-38-32-26-22-19-20-23-27-34-40-46-55(58)61-49-54(50-62-56(59)47-41-35-30-29-33-39-45-53(6)8-2)63-57(60)48-42-36-28-24-18-16-14-12-10-9-11-13-15-17-21-25-31-37-43-51(3)4/h51-54H,7-50H2,1-6H3/t52?,53?,54-/m0/s1. The number of unbranched alkanes of at least 4 members (excludes halogenated alkanes) is 31. The number of carbonyl (C=O) groups excluding carboxylic acids is 3. The molecule has 6 heteroatoms. The first kappa shape index (κ1) is 61.4. The molecule has 0 aliphatic carbocycles. The van der Waals surface area contributed by atoms with E-state index in [-0.39, 0.29) is 31.1 Å². The van der Waals surface area contributed by atoms with Gasteiger partial charge < -0.3 is 14.2 Å². The van der Waals surface area contributed by atoms with Gasteiger partial charge in [0.15, 0.2) is 6.10 Å². The Balaban J connectivity index is 4.24. The highest BCUT2D eigenvalue weighted by Gasteiger charge is 2.19. The molecular weight excluding hydrogens is 781 g/mol. The Morgan fingerprint density at radius 2 is 0.556 bits per heavy atom. The van der Waals surface area contributed by atoms with Crippen molar-refractivity contribution in [3.8, 4) is 0 Å². The fourth-order valence-electron chi connectivity index (χ4n) is 8.58. The van der Waals surface area contributed by atoms with Crippen LogP contribution in [0.2, 0.25) is 0 Å². The molecule has 3 atom stereocenters. The Labute approximate surface area is 393 Å². The summed E-state index contributed by atoms with van der Waals surface area (Å²) in [4.78, 5) is 38.0. The highest BCUT2D eigenvalue weighted by molar-refractivity contribution is 5.71. The third-order valence-electron chi connectivity index (χ3n) is 13.6. The molecule has 0 fully saturated rings. The van der Waals surface area contributed by atoms with Gasteiger partial charge in [0.2, 0.25) is 0 Å². The van der Waals surface area contributed by atoms with E-state index in [0.717, 1.165) is 75.5 Å². The first-order chi connectivity index (χ1) is 30.7. The highest BCUT2D eigenvalue weighted by atomic mass is 16.6. The summed E-state index contributed by atoms with van der Waals surface area (Å²) in [5.74, 6) is 1.69. The highest BCUT2D eigenvalue weighted by Crippen LogP contribution is 2.19. The van der Waals surface area contributed by atoms with E-state index in [9.17, 15) is 14.4 Å². The van der Waals surface area contributed by atoms with Gasteiger partial charge in [0.1, 0.15) is 13.2 Å². The maximum absolute atomic E-state index is 12.8. The SMILES string of the molecule is CCC(C)CCCCCCCCCCCCC(=O)OC[C@@H](COC(=O)CCCCCCCCC(C)CC)OC(=O)CCCCCCCCCCCCCCCCCCCCC(C)C. The average Bonchev–Trinajstić information content (AvgIpc) is 3.27. The largest absolute Gasteiger partial charge is 0.462 e. The van der Waals surface area contributed by atoms with Crippen molar-refractivity contribution >= 4 is 17.9 Å². The Kier molecular flexibility index (Phi) is 47.1. The van der Waals surface area contributed by atoms with Crippen LogP contribution in [-0.2, 0) is 28.6 Å². The van der Waals surface area contributed by atoms with Gasteiger partial charge >= 0.3 is 17.9 Å². The fraction of sp³-hybridized carbons (Fsp3) is 0.947. The van der Waals surface area contributed by atoms with Crippen molar-refractivity contribution in [2.45, 2.75) is 317 Å². The van der Waals surface area contributed by atoms with Crippen LogP contribution in [0.5, 0.6) is 0 Å². The molecule has 63 heavy (non-hydrogen) atoms. The van der Waals surface area contributed by atoms with Gasteiger partial charge in [-0.2, -0.15) is 0 Å². The zero-order chi connectivity index (χ0) is 46.3. The second-order valence-corrected chi connectivity index (χ2v) is 20.5. The van der Waals surface area contributed by atoms with Crippen molar-refractivity contribution in [2.75, 3.05) is 13.2 Å². The fourth-order valence-corrected chi connectivity index (χ4v) is 8.58. The predicted molar refractivity (Wildman–Crippen MR) is 270 cm³/mol. The molecule has 0 aromatic rings. The van der Waals surface area contributed by atoms with Gasteiger partial charge in [-0.05, 0) is 37.0 Å². The van der Waals surface area contributed by atoms with Crippen LogP contribution in [0.25, 0.3) is 0 Å². The van der Waals surface area contributed by atoms with E-state index in [2.05, 4.69) is 41.5 Å². The Morgan fingerprint density at radius 3 is 0.825 bits per heavy atom. The number of rotatable bonds is 50. The van der Waals surface area contributed by atoms with E-state index < -0.39 is 6.10 Å². The smallest absolute Gasteiger partial charge is 0.306 e. The molecule has 0 aliphatic rings. The molecule has 0 rings (SSSR count). The molecule has 0 aromatic heterocycles. The number of hydrogen-bond donors (Lipinski definition) is 0. The van der Waals surface area contributed by atoms with Crippen molar-refractivity contribution in [3.63, 3.8) is 0 Å². The molecule has 0 bridgehead atoms. The molecule has 0 amide bonds. The number of esters is 3. The lowest BCUT2D eigenvalue weighted by Gasteiger charge is -2.18. The topological polar surface area (TPSA) is 78.9 Å². The summed E-state index contributed by atoms with van der Waals surface area (Å²) < 4.78 is 16.8. The van der Waals surface area contributed by atoms with Gasteiger partial charge in [-0.15, -0.1) is 0 Å². The van der Waals surface area contributed by atoms with Crippen LogP contribution in [0.4, 0.5) is 0 Å². The van der Waals surface area contributed by atoms with Crippen LogP contribution in [-0.4, -0.2) is 37.2 Å². The van der Waals surface area contributed by atoms with Crippen molar-refractivity contribution < 1.29 is 28.6 Å². The zero-order valence-electron chi connectivity index (χ0n) is 43.4. The van der Waals surface area contributed by atoms with Crippen LogP contribution < -0.4 is 0 Å². The maximum atomic E-state index is 12.8. The minimum absolute atomic E-state index is 0.0648. The molecule has 0 saturated heterocycles. The summed E-state index contributed by atoms with van der Waals surface area (Å²) in [7, 11) is 0. The second kappa shape index (κ2) is 48.3. The zero-order valence-corrected chi connectivity index (χ0v) is 43.4. The first-order valence-corrected chi connectivity index (χ1v) is 28.2. The minimum Gasteiger partial charge on any atom is -0.462 e. The van der Waals surface area contributed by atoms with Gasteiger partial charge in [0.25, 0.3) is 0 Å². The summed E-state index contributed by atoms with van der Waals surface area (Å²) in [6.45, 7) is 13.8. The molecule has 0 aromatic carbocycles. The summed E-state index contributed by atoms with van der Waals surface area (Å²) >= 11 is 0. The second-order valence-electron chi connectivity index (χ2n) is 20.5. The number of hydrogen-bond acceptors (Lipinski definition) is 6. The molecule has 0 aliphatic heterocycles. The molecular formula is C57H110O6. The van der Waals surface area contributed by atoms with Gasteiger partial charge in [-0.3, -0.25) is 14.4 Å². The molecule has 0 saturated carbocycles. The Hall–Kier alpha value is -1.59. The average molecular weight is 892 g/mol. The predicted octanol–water partition coefficient (Wildman–Crippen LogP) is 18.3. The number of carbonyl (C=O) groups is 3.